The molecule has 0 heterocycles. The van der Waals surface area contributed by atoms with Crippen LogP contribution < -0.4 is 112 Å². The van der Waals surface area contributed by atoms with Crippen LogP contribution >= 0.6 is 422 Å². The van der Waals surface area contributed by atoms with Gasteiger partial charge in [0.2, 0.25) is 0 Å². The van der Waals surface area contributed by atoms with Gasteiger partial charge in [0.05, 0.1) is 0 Å². The zero-order valence-electron chi connectivity index (χ0n) is 19.0. The van der Waals surface area contributed by atoms with Crippen LogP contribution in [-0.2, 0) is 0 Å². The van der Waals surface area contributed by atoms with Crippen molar-refractivity contribution in [2.24, 2.45) is 0 Å². The van der Waals surface area contributed by atoms with Gasteiger partial charge in [0.25, 0.3) is 0 Å². The second-order valence-corrected chi connectivity index (χ2v) is 0. The molecule has 0 fully saturated rings. The largest absolute Gasteiger partial charge is 3.00 e. The summed E-state index contributed by atoms with van der Waals surface area (Å²) in [7, 11) is 0. The second kappa shape index (κ2) is 1010. The summed E-state index contributed by atoms with van der Waals surface area (Å²) in [4.78, 5) is 0. The fourth-order valence-corrected chi connectivity index (χ4v) is 0. The summed E-state index contributed by atoms with van der Waals surface area (Å²) in [6, 6.07) is 0. The van der Waals surface area contributed by atoms with Crippen molar-refractivity contribution in [3.63, 3.8) is 0 Å². The molecule has 0 aliphatic heterocycles. The maximum Gasteiger partial charge on any atom is 3.00 e. The van der Waals surface area contributed by atoms with Crippen molar-refractivity contribution in [2.75, 3.05) is 0 Å². The first kappa shape index (κ1) is 1060. The molecule has 0 unspecified atom stereocenters. The van der Waals surface area contributed by atoms with Crippen LogP contribution in [0.5, 0.6) is 0 Å². The quantitative estimate of drug-likeness (QED) is 0.212. The summed E-state index contributed by atoms with van der Waals surface area (Å²) < 4.78 is 0. The molecule has 0 spiro atoms. The molecule has 0 nitrogen and oxygen atoms in total. The third-order valence-corrected chi connectivity index (χ3v) is 0. The van der Waals surface area contributed by atoms with Crippen LogP contribution in [0.4, 0.5) is 0 Å². The molecule has 0 bridgehead atoms. The van der Waals surface area contributed by atoms with Gasteiger partial charge in [-0.3, -0.25) is 0 Å². The molecule has 46 heavy (non-hydrogen) atoms. The van der Waals surface area contributed by atoms with Crippen molar-refractivity contribution in [3.8, 4) is 0 Å². The Morgan fingerprint density at radius 3 is 0.0652 bits per heavy atom. The molecule has 0 rings (SSSR count). The second-order valence-electron chi connectivity index (χ2n) is 0. The summed E-state index contributed by atoms with van der Waals surface area (Å²) in [6.45, 7) is 0. The van der Waals surface area contributed by atoms with Gasteiger partial charge in [-0.2, -0.15) is 0 Å². The minimum absolute atomic E-state index is 0. The van der Waals surface area contributed by atoms with Gasteiger partial charge >= 0.3 is 52.1 Å². The molecular weight excluding hydrogens is 1610 g/mol. The van der Waals surface area contributed by atoms with E-state index in [0.717, 1.165) is 0 Å². The van der Waals surface area contributed by atoms with Gasteiger partial charge in [-0.15, -0.1) is 422 Å². The molecular formula is H34Al3Cl43. The SMILES string of the molecule is Cl.Cl.Cl.Cl.Cl.Cl.Cl.Cl.Cl.Cl.Cl.Cl.Cl.Cl.Cl.Cl.Cl.Cl.Cl.Cl.Cl.Cl.Cl.Cl.Cl.Cl.Cl.Cl.Cl.Cl.Cl.Cl.Cl.Cl.[Al+3].[Al+3].[Al+3].[Cl-].[Cl-].[Cl-].[Cl-].[Cl-].[Cl-].[Cl-].[Cl-].[Cl-]. The Balaban J connectivity index is 0. The van der Waals surface area contributed by atoms with Gasteiger partial charge in [-0.25, -0.2) is 0 Å². The molecule has 344 valence electrons. The van der Waals surface area contributed by atoms with Gasteiger partial charge in [-0.05, 0) is 0 Å². The van der Waals surface area contributed by atoms with Gasteiger partial charge in [0.15, 0.2) is 0 Å². The van der Waals surface area contributed by atoms with Gasteiger partial charge < -0.3 is 112 Å². The van der Waals surface area contributed by atoms with E-state index in [1.165, 1.54) is 0 Å². The molecule has 0 aromatic heterocycles. The number of hydrogen-bond donors (Lipinski definition) is 0. The normalized spacial score (nSPS) is 0. The molecule has 0 amide bonds. The maximum atomic E-state index is 0. The Morgan fingerprint density at radius 1 is 0.0652 bits per heavy atom. The molecule has 0 aliphatic carbocycles. The van der Waals surface area contributed by atoms with Gasteiger partial charge in [0, 0.05) is 0 Å². The van der Waals surface area contributed by atoms with Crippen molar-refractivity contribution >= 4 is 474 Å². The van der Waals surface area contributed by atoms with Crippen molar-refractivity contribution in [1.82, 2.24) is 0 Å². The summed E-state index contributed by atoms with van der Waals surface area (Å²) in [6.07, 6.45) is 0. The van der Waals surface area contributed by atoms with E-state index < -0.39 is 0 Å². The molecule has 0 saturated heterocycles. The predicted molar refractivity (Wildman–Crippen MR) is 264 cm³/mol. The Bertz CT molecular complexity index is 16.0. The first-order chi connectivity index (χ1) is 0. The molecule has 46 heteroatoms. The van der Waals surface area contributed by atoms with E-state index in [0.29, 0.717) is 0 Å². The van der Waals surface area contributed by atoms with E-state index in [4.69, 9.17) is 0 Å². The molecule has 0 saturated carbocycles. The van der Waals surface area contributed by atoms with E-state index in [9.17, 15) is 0 Å². The van der Waals surface area contributed by atoms with E-state index in [2.05, 4.69) is 0 Å². The van der Waals surface area contributed by atoms with Crippen LogP contribution in [0.2, 0.25) is 0 Å². The van der Waals surface area contributed by atoms with Crippen molar-refractivity contribution in [2.45, 2.75) is 0 Å². The first-order valence-corrected chi connectivity index (χ1v) is 0. The monoisotopic (exact) mass is 1620 g/mol. The number of hydrogen-bond acceptors (Lipinski definition) is 0. The van der Waals surface area contributed by atoms with Crippen LogP contribution in [0.25, 0.3) is 0 Å². The molecule has 0 N–H and O–H groups in total. The number of rotatable bonds is 0. The Hall–Kier alpha value is 14.1. The average molecular weight is 1640 g/mol. The Kier molecular flexibility index (Phi) is 23200. The minimum Gasteiger partial charge on any atom is -1.00 e. The van der Waals surface area contributed by atoms with Crippen LogP contribution in [0.15, 0.2) is 0 Å². The van der Waals surface area contributed by atoms with Crippen molar-refractivity contribution in [1.29, 1.82) is 0 Å². The minimum atomic E-state index is 0. The third kappa shape index (κ3) is 956. The summed E-state index contributed by atoms with van der Waals surface area (Å²) in [5.74, 6) is 0. The third-order valence-electron chi connectivity index (χ3n) is 0. The van der Waals surface area contributed by atoms with Crippen LogP contribution in [-0.4, -0.2) is 52.1 Å². The van der Waals surface area contributed by atoms with E-state index in [-0.39, 0.29) is 586 Å². The molecule has 0 atom stereocenters. The standard InChI is InChI=1S/3Al.43ClH/h;;;43*1H/q3*+3;;;;;;;;;;;;;;;;;;;;;;;;;;;;;;;;;;;;;;;;;;;/p-9. The first-order valence-electron chi connectivity index (χ1n) is 0. The average Bonchev–Trinajstić information content (AvgIpc) is 0. The van der Waals surface area contributed by atoms with E-state index in [1.807, 2.05) is 0 Å². The van der Waals surface area contributed by atoms with Gasteiger partial charge in [-0.1, -0.05) is 0 Å². The Labute approximate surface area is 575 Å². The summed E-state index contributed by atoms with van der Waals surface area (Å²) in [5, 5.41) is 0. The summed E-state index contributed by atoms with van der Waals surface area (Å²) in [5.41, 5.74) is 0. The Morgan fingerprint density at radius 2 is 0.0652 bits per heavy atom. The van der Waals surface area contributed by atoms with E-state index in [1.54, 1.807) is 0 Å². The molecule has 0 aliphatic rings. The maximum absolute atomic E-state index is 0. The van der Waals surface area contributed by atoms with Crippen LogP contribution in [0.3, 0.4) is 0 Å². The molecule has 0 aromatic rings. The van der Waals surface area contributed by atoms with E-state index >= 15 is 0 Å². The zero-order valence-corrected chi connectivity index (χ0v) is 57.0. The molecule has 0 aromatic carbocycles. The fraction of sp³-hybridized carbons (Fsp3) is 0. The van der Waals surface area contributed by atoms with Crippen LogP contribution in [0.1, 0.15) is 0 Å². The van der Waals surface area contributed by atoms with Crippen molar-refractivity contribution in [3.05, 3.63) is 0 Å². The van der Waals surface area contributed by atoms with Crippen molar-refractivity contribution < 1.29 is 112 Å². The number of halogens is 43. The smallest absolute Gasteiger partial charge is 1.00 e. The van der Waals surface area contributed by atoms with Gasteiger partial charge in [0.1, 0.15) is 0 Å². The topological polar surface area (TPSA) is 0 Å². The van der Waals surface area contributed by atoms with Crippen LogP contribution in [0, 0.1) is 0 Å². The fourth-order valence-electron chi connectivity index (χ4n) is 0. The molecule has 0 radical (unpaired) electrons. The predicted octanol–water partition coefficient (Wildman–Crippen LogP) is -13.8. The zero-order chi connectivity index (χ0) is 0. The summed E-state index contributed by atoms with van der Waals surface area (Å²) >= 11 is 0.